The van der Waals surface area contributed by atoms with Gasteiger partial charge in [-0.25, -0.2) is 0 Å². The van der Waals surface area contributed by atoms with Crippen molar-refractivity contribution in [2.45, 2.75) is 59.3 Å². The monoisotopic (exact) mass is 538 g/mol. The molecule has 2 nitrogen and oxygen atoms in total. The molecule has 192 valence electrons. The van der Waals surface area contributed by atoms with Gasteiger partial charge in [0.05, 0.1) is 5.90 Å². The lowest BCUT2D eigenvalue weighted by atomic mass is 10.1. The molecule has 0 spiro atoms. The molecule has 0 aliphatic carbocycles. The molecule has 1 heterocycles. The van der Waals surface area contributed by atoms with Crippen LogP contribution in [0.1, 0.15) is 56.7 Å². The van der Waals surface area contributed by atoms with Crippen molar-refractivity contribution in [2.75, 3.05) is 17.7 Å². The van der Waals surface area contributed by atoms with Crippen LogP contribution in [-0.4, -0.2) is 24.0 Å². The minimum absolute atomic E-state index is 0.283. The van der Waals surface area contributed by atoms with Gasteiger partial charge in [0.1, 0.15) is 14.3 Å². The van der Waals surface area contributed by atoms with Crippen molar-refractivity contribution in [3.05, 3.63) is 89.5 Å². The average molecular weight is 539 g/mol. The summed E-state index contributed by atoms with van der Waals surface area (Å²) in [5, 5.41) is 2.91. The Kier molecular flexibility index (Phi) is 8.72. The van der Waals surface area contributed by atoms with E-state index in [2.05, 4.69) is 69.3 Å². The van der Waals surface area contributed by atoms with Crippen LogP contribution in [0.2, 0.25) is 0 Å². The number of benzene rings is 3. The lowest BCUT2D eigenvalue weighted by Gasteiger charge is -2.40. The van der Waals surface area contributed by atoms with Gasteiger partial charge in [-0.1, -0.05) is 126 Å². The molecule has 1 aliphatic heterocycles. The summed E-state index contributed by atoms with van der Waals surface area (Å²) in [6.07, 6.45) is 11.1. The van der Waals surface area contributed by atoms with Gasteiger partial charge in [-0.05, 0) is 41.3 Å². The van der Waals surface area contributed by atoms with Crippen LogP contribution < -0.4 is 15.9 Å². The second-order valence-corrected chi connectivity index (χ2v) is 21.4. The zero-order valence-electron chi connectivity index (χ0n) is 22.2. The molecule has 1 aliphatic rings. The van der Waals surface area contributed by atoms with Gasteiger partial charge in [-0.2, -0.15) is 0 Å². The SMILES string of the molecule is C=P1(c2ccc(CCC)cc2)CP(=O)(c2ccc(CCC)cc2)CP(=O)(c2ccc(CCC)cc2)C1. The highest BCUT2D eigenvalue weighted by molar-refractivity contribution is 8.05. The molecule has 0 N–H and O–H groups in total. The topological polar surface area (TPSA) is 34.1 Å². The zero-order chi connectivity index (χ0) is 25.8. The third kappa shape index (κ3) is 5.94. The summed E-state index contributed by atoms with van der Waals surface area (Å²) in [7, 11) is -5.81. The molecule has 1 fully saturated rings. The Bertz CT molecular complexity index is 1120. The van der Waals surface area contributed by atoms with Crippen LogP contribution in [0.3, 0.4) is 0 Å². The molecule has 2 atom stereocenters. The van der Waals surface area contributed by atoms with Gasteiger partial charge < -0.3 is 9.13 Å². The minimum Gasteiger partial charge on any atom is -0.318 e. The average Bonchev–Trinajstić information content (AvgIpc) is 2.85. The molecule has 0 saturated carbocycles. The van der Waals surface area contributed by atoms with Gasteiger partial charge >= 0.3 is 0 Å². The Morgan fingerprint density at radius 2 is 0.833 bits per heavy atom. The van der Waals surface area contributed by atoms with E-state index in [4.69, 9.17) is 6.30 Å². The molecule has 0 amide bonds. The van der Waals surface area contributed by atoms with Gasteiger partial charge in [0.15, 0.2) is 0 Å². The van der Waals surface area contributed by atoms with Crippen molar-refractivity contribution in [1.82, 2.24) is 0 Å². The summed E-state index contributed by atoms with van der Waals surface area (Å²) in [6.45, 7) is 4.38. The fourth-order valence-electron chi connectivity index (χ4n) is 5.58. The molecular formula is C31H41O2P3. The molecule has 0 bridgehead atoms. The van der Waals surface area contributed by atoms with Gasteiger partial charge in [-0.15, -0.1) is 0 Å². The number of hydrogen-bond donors (Lipinski definition) is 0. The first-order valence-corrected chi connectivity index (χ1v) is 19.9. The highest BCUT2D eigenvalue weighted by Gasteiger charge is 2.47. The number of aryl methyl sites for hydroxylation is 3. The Labute approximate surface area is 218 Å². The van der Waals surface area contributed by atoms with Crippen LogP contribution in [0.5, 0.6) is 0 Å². The quantitative estimate of drug-likeness (QED) is 0.260. The van der Waals surface area contributed by atoms with E-state index >= 15 is 0 Å². The molecule has 3 aromatic rings. The standard InChI is InChI=1S/C31H41O2P3/c1-5-8-26-11-17-29(18-12-26)34(4)23-35(32,30-19-13-27(9-6-2)14-20-30)25-36(33,24-34)31-21-15-28(10-7-3)16-22-31/h11-22H,4-10,23-25H2,1-3H3. The molecule has 1 saturated heterocycles. The van der Waals surface area contributed by atoms with E-state index in [1.807, 2.05) is 24.3 Å². The van der Waals surface area contributed by atoms with E-state index < -0.39 is 21.2 Å². The minimum atomic E-state index is -2.90. The van der Waals surface area contributed by atoms with Crippen LogP contribution in [0, 0.1) is 0 Å². The van der Waals surface area contributed by atoms with E-state index in [1.165, 1.54) is 16.7 Å². The summed E-state index contributed by atoms with van der Waals surface area (Å²) in [5.41, 5.74) is 3.85. The Morgan fingerprint density at radius 3 is 1.14 bits per heavy atom. The maximum atomic E-state index is 14.8. The predicted octanol–water partition coefficient (Wildman–Crippen LogP) is 7.88. The first kappa shape index (κ1) is 27.5. The van der Waals surface area contributed by atoms with Crippen molar-refractivity contribution in [1.29, 1.82) is 0 Å². The summed E-state index contributed by atoms with van der Waals surface area (Å²) in [4.78, 5) is 0. The van der Waals surface area contributed by atoms with Crippen LogP contribution in [0.15, 0.2) is 72.8 Å². The van der Waals surface area contributed by atoms with Crippen molar-refractivity contribution in [3.63, 3.8) is 0 Å². The summed E-state index contributed by atoms with van der Waals surface area (Å²) in [6, 6.07) is 25.4. The van der Waals surface area contributed by atoms with Crippen LogP contribution in [0.25, 0.3) is 0 Å². The fourth-order valence-corrected chi connectivity index (χ4v) is 25.1. The molecule has 2 unspecified atom stereocenters. The molecule has 5 heteroatoms. The van der Waals surface area contributed by atoms with E-state index in [0.717, 1.165) is 54.4 Å². The van der Waals surface area contributed by atoms with E-state index in [0.29, 0.717) is 11.8 Å². The van der Waals surface area contributed by atoms with E-state index in [9.17, 15) is 9.13 Å². The normalized spacial score (nSPS) is 26.1. The van der Waals surface area contributed by atoms with Gasteiger partial charge in [0.2, 0.25) is 0 Å². The van der Waals surface area contributed by atoms with Gasteiger partial charge in [-0.3, -0.25) is 0 Å². The predicted molar refractivity (Wildman–Crippen MR) is 164 cm³/mol. The van der Waals surface area contributed by atoms with Crippen molar-refractivity contribution < 1.29 is 9.13 Å². The van der Waals surface area contributed by atoms with Crippen molar-refractivity contribution in [3.8, 4) is 0 Å². The fraction of sp³-hybridized carbons (Fsp3) is 0.387. The largest absolute Gasteiger partial charge is 0.318 e. The lowest BCUT2D eigenvalue weighted by Crippen LogP contribution is -2.26. The van der Waals surface area contributed by atoms with Crippen LogP contribution in [-0.2, 0) is 28.4 Å². The first-order chi connectivity index (χ1) is 17.2. The number of hydrogen-bond acceptors (Lipinski definition) is 2. The Hall–Kier alpha value is -1.58. The molecule has 0 radical (unpaired) electrons. The zero-order valence-corrected chi connectivity index (χ0v) is 24.8. The summed E-state index contributed by atoms with van der Waals surface area (Å²) in [5.74, 6) is 1.42. The summed E-state index contributed by atoms with van der Waals surface area (Å²) < 4.78 is 29.7. The second kappa shape index (κ2) is 11.4. The molecule has 4 rings (SSSR count). The maximum Gasteiger partial charge on any atom is 0.127 e. The number of rotatable bonds is 9. The third-order valence-corrected chi connectivity index (χ3v) is 22.9. The lowest BCUT2D eigenvalue weighted by molar-refractivity contribution is 0.578. The smallest absolute Gasteiger partial charge is 0.127 e. The van der Waals surface area contributed by atoms with Crippen molar-refractivity contribution in [2.24, 2.45) is 0 Å². The van der Waals surface area contributed by atoms with Gasteiger partial charge in [0.25, 0.3) is 0 Å². The molecular weight excluding hydrogens is 497 g/mol. The third-order valence-electron chi connectivity index (χ3n) is 7.37. The summed E-state index contributed by atoms with van der Waals surface area (Å²) >= 11 is 0. The van der Waals surface area contributed by atoms with Crippen molar-refractivity contribution >= 4 is 43.4 Å². The molecule has 3 aromatic carbocycles. The maximum absolute atomic E-state index is 14.8. The Morgan fingerprint density at radius 1 is 0.528 bits per heavy atom. The van der Waals surface area contributed by atoms with E-state index in [1.54, 1.807) is 0 Å². The molecule has 36 heavy (non-hydrogen) atoms. The Balaban J connectivity index is 1.78. The van der Waals surface area contributed by atoms with Crippen LogP contribution in [0.4, 0.5) is 0 Å². The highest BCUT2D eigenvalue weighted by atomic mass is 31.3. The van der Waals surface area contributed by atoms with E-state index in [-0.39, 0.29) is 5.90 Å². The van der Waals surface area contributed by atoms with Crippen LogP contribution >= 0.6 is 21.2 Å². The van der Waals surface area contributed by atoms with Gasteiger partial charge in [0, 0.05) is 22.4 Å². The molecule has 0 aromatic heterocycles. The second-order valence-electron chi connectivity index (χ2n) is 10.6. The highest BCUT2D eigenvalue weighted by Crippen LogP contribution is 2.76. The first-order valence-electron chi connectivity index (χ1n) is 13.4.